The molecule has 0 spiro atoms. The number of amides is 1. The molecule has 1 amide bonds. The van der Waals surface area contributed by atoms with E-state index in [0.717, 1.165) is 6.07 Å². The molecule has 0 aliphatic carbocycles. The van der Waals surface area contributed by atoms with Gasteiger partial charge in [0, 0.05) is 17.6 Å². The fourth-order valence-corrected chi connectivity index (χ4v) is 2.27. The van der Waals surface area contributed by atoms with E-state index >= 15 is 0 Å². The highest BCUT2D eigenvalue weighted by Crippen LogP contribution is 2.28. The quantitative estimate of drug-likeness (QED) is 0.740. The van der Waals surface area contributed by atoms with Crippen LogP contribution in [-0.4, -0.2) is 18.0 Å². The Balaban J connectivity index is 2.04. The molecule has 1 aromatic heterocycles. The summed E-state index contributed by atoms with van der Waals surface area (Å²) in [5, 5.41) is 3.15. The molecule has 4 nitrogen and oxygen atoms in total. The van der Waals surface area contributed by atoms with Gasteiger partial charge in [0.25, 0.3) is 5.91 Å². The van der Waals surface area contributed by atoms with Gasteiger partial charge in [-0.1, -0.05) is 6.07 Å². The Bertz CT molecular complexity index is 945. The topological polar surface area (TPSA) is 51.2 Å². The van der Waals surface area contributed by atoms with Crippen molar-refractivity contribution >= 4 is 22.5 Å². The second kappa shape index (κ2) is 6.19. The number of nitrogens with one attached hydrogen (secondary N) is 1. The molecule has 3 aromatic rings. The first-order chi connectivity index (χ1) is 11.5. The molecule has 0 saturated heterocycles. The molecule has 0 aliphatic heterocycles. The standard InChI is InChI=1S/C17H11F3N2O2/c1-24-10-7-9-3-2-6-21-16(9)13(8-10)22-17(23)11-4-5-12(18)15(20)14(11)19/h2-8H,1H3,(H,22,23). The van der Waals surface area contributed by atoms with Crippen LogP contribution in [0.4, 0.5) is 18.9 Å². The number of nitrogens with zero attached hydrogens (tertiary/aromatic N) is 1. The van der Waals surface area contributed by atoms with Gasteiger partial charge in [0.05, 0.1) is 23.9 Å². The van der Waals surface area contributed by atoms with E-state index in [1.165, 1.54) is 19.4 Å². The lowest BCUT2D eigenvalue weighted by molar-refractivity contribution is 0.102. The van der Waals surface area contributed by atoms with Crippen LogP contribution in [0.5, 0.6) is 5.75 Å². The Labute approximate surface area is 134 Å². The number of fused-ring (bicyclic) bond motifs is 1. The summed E-state index contributed by atoms with van der Waals surface area (Å²) >= 11 is 0. The van der Waals surface area contributed by atoms with E-state index < -0.39 is 28.9 Å². The molecule has 0 fully saturated rings. The Hall–Kier alpha value is -3.09. The summed E-state index contributed by atoms with van der Waals surface area (Å²) in [6.07, 6.45) is 1.53. The third-order valence-electron chi connectivity index (χ3n) is 3.44. The van der Waals surface area contributed by atoms with E-state index in [2.05, 4.69) is 10.3 Å². The first kappa shape index (κ1) is 15.8. The van der Waals surface area contributed by atoms with Crippen molar-refractivity contribution < 1.29 is 22.7 Å². The number of pyridine rings is 1. The van der Waals surface area contributed by atoms with Gasteiger partial charge in [-0.05, 0) is 24.3 Å². The lowest BCUT2D eigenvalue weighted by atomic mass is 10.1. The first-order valence-electron chi connectivity index (χ1n) is 6.89. The molecule has 3 rings (SSSR count). The van der Waals surface area contributed by atoms with Crippen molar-refractivity contribution in [2.24, 2.45) is 0 Å². The monoisotopic (exact) mass is 332 g/mol. The number of carbonyl (C=O) groups is 1. The minimum Gasteiger partial charge on any atom is -0.497 e. The molecule has 7 heteroatoms. The minimum absolute atomic E-state index is 0.263. The van der Waals surface area contributed by atoms with Gasteiger partial charge < -0.3 is 10.1 Å². The Kier molecular flexibility index (Phi) is 4.07. The average molecular weight is 332 g/mol. The van der Waals surface area contributed by atoms with Crippen molar-refractivity contribution in [3.8, 4) is 5.75 Å². The van der Waals surface area contributed by atoms with Crippen LogP contribution in [0.15, 0.2) is 42.6 Å². The van der Waals surface area contributed by atoms with Crippen LogP contribution in [-0.2, 0) is 0 Å². The van der Waals surface area contributed by atoms with Crippen LogP contribution in [0.1, 0.15) is 10.4 Å². The summed E-state index contributed by atoms with van der Waals surface area (Å²) in [5.41, 5.74) is 0.106. The number of carbonyl (C=O) groups excluding carboxylic acids is 1. The lowest BCUT2D eigenvalue weighted by Gasteiger charge is -2.11. The number of aromatic nitrogens is 1. The van der Waals surface area contributed by atoms with Crippen molar-refractivity contribution in [2.75, 3.05) is 12.4 Å². The number of rotatable bonds is 3. The number of hydrogen-bond donors (Lipinski definition) is 1. The predicted molar refractivity (Wildman–Crippen MR) is 82.6 cm³/mol. The molecule has 0 atom stereocenters. The molecule has 0 saturated carbocycles. The van der Waals surface area contributed by atoms with E-state index in [1.54, 1.807) is 18.2 Å². The van der Waals surface area contributed by atoms with Crippen molar-refractivity contribution in [2.45, 2.75) is 0 Å². The van der Waals surface area contributed by atoms with E-state index in [0.29, 0.717) is 22.7 Å². The number of hydrogen-bond acceptors (Lipinski definition) is 3. The minimum atomic E-state index is -1.70. The zero-order chi connectivity index (χ0) is 17.3. The van der Waals surface area contributed by atoms with E-state index in [9.17, 15) is 18.0 Å². The highest BCUT2D eigenvalue weighted by molar-refractivity contribution is 6.08. The summed E-state index contributed by atoms with van der Waals surface area (Å²) in [5.74, 6) is -5.08. The average Bonchev–Trinajstić information content (AvgIpc) is 2.59. The zero-order valence-corrected chi connectivity index (χ0v) is 12.4. The first-order valence-corrected chi connectivity index (χ1v) is 6.89. The molecule has 2 aromatic carbocycles. The molecule has 0 aliphatic rings. The van der Waals surface area contributed by atoms with Crippen LogP contribution < -0.4 is 10.1 Å². The molecule has 122 valence electrons. The number of methoxy groups -OCH3 is 1. The van der Waals surface area contributed by atoms with Crippen molar-refractivity contribution in [1.29, 1.82) is 0 Å². The fourth-order valence-electron chi connectivity index (χ4n) is 2.27. The van der Waals surface area contributed by atoms with E-state index in [1.807, 2.05) is 0 Å². The van der Waals surface area contributed by atoms with Crippen LogP contribution in [0, 0.1) is 17.5 Å². The number of anilines is 1. The molecule has 0 bridgehead atoms. The number of halogens is 3. The second-order valence-electron chi connectivity index (χ2n) is 4.93. The number of benzene rings is 2. The van der Waals surface area contributed by atoms with Crippen molar-refractivity contribution in [3.05, 3.63) is 65.6 Å². The summed E-state index contributed by atoms with van der Waals surface area (Å²) in [6, 6.07) is 8.26. The molecule has 1 heterocycles. The van der Waals surface area contributed by atoms with Crippen molar-refractivity contribution in [1.82, 2.24) is 4.98 Å². The predicted octanol–water partition coefficient (Wildman–Crippen LogP) is 3.91. The second-order valence-corrected chi connectivity index (χ2v) is 4.93. The van der Waals surface area contributed by atoms with Gasteiger partial charge in [0.15, 0.2) is 17.5 Å². The molecule has 0 unspecified atom stereocenters. The highest BCUT2D eigenvalue weighted by atomic mass is 19.2. The van der Waals surface area contributed by atoms with Gasteiger partial charge in [0.2, 0.25) is 0 Å². The Morgan fingerprint density at radius 3 is 2.67 bits per heavy atom. The molecular weight excluding hydrogens is 321 g/mol. The summed E-state index contributed by atoms with van der Waals surface area (Å²) in [4.78, 5) is 16.4. The van der Waals surface area contributed by atoms with Gasteiger partial charge in [-0.2, -0.15) is 0 Å². The van der Waals surface area contributed by atoms with Gasteiger partial charge in [0.1, 0.15) is 5.75 Å². The summed E-state index contributed by atoms with van der Waals surface area (Å²) < 4.78 is 45.2. The van der Waals surface area contributed by atoms with E-state index in [-0.39, 0.29) is 5.69 Å². The van der Waals surface area contributed by atoms with Crippen LogP contribution in [0.3, 0.4) is 0 Å². The molecule has 0 radical (unpaired) electrons. The van der Waals surface area contributed by atoms with Gasteiger partial charge in [-0.25, -0.2) is 13.2 Å². The molecule has 1 N–H and O–H groups in total. The smallest absolute Gasteiger partial charge is 0.258 e. The van der Waals surface area contributed by atoms with Crippen LogP contribution >= 0.6 is 0 Å². The maximum Gasteiger partial charge on any atom is 0.258 e. The SMILES string of the molecule is COc1cc(NC(=O)c2ccc(F)c(F)c2F)c2ncccc2c1. The summed E-state index contributed by atoms with van der Waals surface area (Å²) in [6.45, 7) is 0. The maximum absolute atomic E-state index is 13.8. The van der Waals surface area contributed by atoms with Crippen LogP contribution in [0.2, 0.25) is 0 Å². The fraction of sp³-hybridized carbons (Fsp3) is 0.0588. The Morgan fingerprint density at radius 2 is 1.92 bits per heavy atom. The van der Waals surface area contributed by atoms with Crippen LogP contribution in [0.25, 0.3) is 10.9 Å². The summed E-state index contributed by atoms with van der Waals surface area (Å²) in [7, 11) is 1.46. The normalized spacial score (nSPS) is 10.7. The lowest BCUT2D eigenvalue weighted by Crippen LogP contribution is -2.15. The molecule has 24 heavy (non-hydrogen) atoms. The third kappa shape index (κ3) is 2.76. The largest absolute Gasteiger partial charge is 0.497 e. The van der Waals surface area contributed by atoms with Gasteiger partial charge in [-0.15, -0.1) is 0 Å². The van der Waals surface area contributed by atoms with Crippen molar-refractivity contribution in [3.63, 3.8) is 0 Å². The van der Waals surface area contributed by atoms with Gasteiger partial charge >= 0.3 is 0 Å². The third-order valence-corrected chi connectivity index (χ3v) is 3.44. The molecular formula is C17H11F3N2O2. The highest BCUT2D eigenvalue weighted by Gasteiger charge is 2.20. The van der Waals surface area contributed by atoms with Gasteiger partial charge in [-0.3, -0.25) is 9.78 Å². The number of ether oxygens (including phenoxy) is 1. The van der Waals surface area contributed by atoms with E-state index in [4.69, 9.17) is 4.74 Å². The Morgan fingerprint density at radius 1 is 1.12 bits per heavy atom. The maximum atomic E-state index is 13.8. The zero-order valence-electron chi connectivity index (χ0n) is 12.4.